The largest absolute Gasteiger partial charge is 0.391 e. The van der Waals surface area contributed by atoms with Crippen molar-refractivity contribution in [2.75, 3.05) is 0 Å². The molecule has 3 unspecified atom stereocenters. The van der Waals surface area contributed by atoms with E-state index in [1.165, 1.54) is 83.5 Å². The van der Waals surface area contributed by atoms with Gasteiger partial charge in [0.25, 0.3) is 0 Å². The highest BCUT2D eigenvalue weighted by Gasteiger charge is 2.40. The molecule has 0 radical (unpaired) electrons. The molecule has 0 amide bonds. The molecule has 0 heterocycles. The number of aliphatic hydroxyl groups is 2. The van der Waals surface area contributed by atoms with Crippen LogP contribution in [0.15, 0.2) is 0 Å². The third-order valence-corrected chi connectivity index (χ3v) is 6.29. The molecule has 27 heavy (non-hydrogen) atoms. The molecule has 0 saturated heterocycles. The van der Waals surface area contributed by atoms with Gasteiger partial charge >= 0.3 is 0 Å². The summed E-state index contributed by atoms with van der Waals surface area (Å²) in [7, 11) is 0. The number of nitrogens with two attached hydrogens (primary N) is 1. The Bertz CT molecular complexity index is 303. The van der Waals surface area contributed by atoms with E-state index >= 15 is 0 Å². The first kappa shape index (κ1) is 29.4. The SMILES string of the molecule is CCCCCCCCCCCCCCCCC(C)C(N)(C(C)O)C(C)O.Cl. The highest BCUT2D eigenvalue weighted by molar-refractivity contribution is 5.85. The van der Waals surface area contributed by atoms with Crippen LogP contribution in [0.25, 0.3) is 0 Å². The van der Waals surface area contributed by atoms with Crippen molar-refractivity contribution in [3.8, 4) is 0 Å². The van der Waals surface area contributed by atoms with Crippen molar-refractivity contribution in [2.24, 2.45) is 11.7 Å². The summed E-state index contributed by atoms with van der Waals surface area (Å²) in [6.07, 6.45) is 18.6. The van der Waals surface area contributed by atoms with Crippen molar-refractivity contribution in [1.82, 2.24) is 0 Å². The molecule has 0 bridgehead atoms. The van der Waals surface area contributed by atoms with Crippen molar-refractivity contribution in [2.45, 2.75) is 142 Å². The molecular weight excluding hydrogens is 358 g/mol. The van der Waals surface area contributed by atoms with Gasteiger partial charge in [0.1, 0.15) is 0 Å². The maximum Gasteiger partial charge on any atom is 0.0719 e. The number of rotatable bonds is 18. The van der Waals surface area contributed by atoms with E-state index in [0.717, 1.165) is 12.8 Å². The van der Waals surface area contributed by atoms with Gasteiger partial charge in [-0.1, -0.05) is 104 Å². The summed E-state index contributed by atoms with van der Waals surface area (Å²) in [6, 6.07) is 0. The summed E-state index contributed by atoms with van der Waals surface area (Å²) in [5.74, 6) is 0.125. The molecule has 0 rings (SSSR count). The molecule has 0 aromatic rings. The number of unbranched alkanes of at least 4 members (excludes halogenated alkanes) is 13. The Hall–Kier alpha value is 0.170. The molecule has 4 N–H and O–H groups in total. The molecule has 0 aromatic carbocycles. The molecule has 4 heteroatoms. The van der Waals surface area contributed by atoms with E-state index in [4.69, 9.17) is 5.73 Å². The van der Waals surface area contributed by atoms with E-state index < -0.39 is 17.7 Å². The fraction of sp³-hybridized carbons (Fsp3) is 1.00. The Labute approximate surface area is 176 Å². The molecular formula is C23H50ClNO2. The first-order valence-corrected chi connectivity index (χ1v) is 11.5. The van der Waals surface area contributed by atoms with Crippen LogP contribution in [0.4, 0.5) is 0 Å². The van der Waals surface area contributed by atoms with Gasteiger partial charge in [-0.05, 0) is 26.2 Å². The average molecular weight is 408 g/mol. The van der Waals surface area contributed by atoms with Crippen LogP contribution in [0.1, 0.15) is 124 Å². The highest BCUT2D eigenvalue weighted by atomic mass is 35.5. The zero-order valence-electron chi connectivity index (χ0n) is 18.7. The van der Waals surface area contributed by atoms with Crippen molar-refractivity contribution in [3.63, 3.8) is 0 Å². The predicted octanol–water partition coefficient (Wildman–Crippen LogP) is 6.37. The average Bonchev–Trinajstić information content (AvgIpc) is 2.60. The van der Waals surface area contributed by atoms with Gasteiger partial charge in [0, 0.05) is 0 Å². The lowest BCUT2D eigenvalue weighted by molar-refractivity contribution is -0.0254. The van der Waals surface area contributed by atoms with Gasteiger partial charge < -0.3 is 15.9 Å². The van der Waals surface area contributed by atoms with Gasteiger partial charge in [-0.15, -0.1) is 12.4 Å². The Kier molecular flexibility index (Phi) is 19.8. The zero-order valence-corrected chi connectivity index (χ0v) is 19.5. The highest BCUT2D eigenvalue weighted by Crippen LogP contribution is 2.28. The second-order valence-electron chi connectivity index (χ2n) is 8.64. The molecule has 0 aromatic heterocycles. The quantitative estimate of drug-likeness (QED) is 0.231. The van der Waals surface area contributed by atoms with Crippen LogP contribution >= 0.6 is 12.4 Å². The maximum absolute atomic E-state index is 9.94. The van der Waals surface area contributed by atoms with Gasteiger partial charge in [-0.2, -0.15) is 0 Å². The Morgan fingerprint density at radius 2 is 0.926 bits per heavy atom. The number of hydrogen-bond acceptors (Lipinski definition) is 3. The Morgan fingerprint density at radius 3 is 1.22 bits per heavy atom. The van der Waals surface area contributed by atoms with Crippen LogP contribution in [-0.4, -0.2) is 28.0 Å². The number of hydrogen-bond donors (Lipinski definition) is 3. The summed E-state index contributed by atoms with van der Waals surface area (Å²) in [5, 5.41) is 19.9. The van der Waals surface area contributed by atoms with Crippen molar-refractivity contribution in [1.29, 1.82) is 0 Å². The molecule has 0 aliphatic rings. The third kappa shape index (κ3) is 13.1. The second kappa shape index (κ2) is 18.2. The predicted molar refractivity (Wildman–Crippen MR) is 122 cm³/mol. The second-order valence-corrected chi connectivity index (χ2v) is 8.64. The first-order chi connectivity index (χ1) is 12.4. The maximum atomic E-state index is 9.94. The van der Waals surface area contributed by atoms with Crippen molar-refractivity contribution in [3.05, 3.63) is 0 Å². The van der Waals surface area contributed by atoms with Gasteiger partial charge in [-0.25, -0.2) is 0 Å². The Morgan fingerprint density at radius 1 is 0.630 bits per heavy atom. The number of aliphatic hydroxyl groups excluding tert-OH is 2. The number of halogens is 1. The normalized spacial score (nSPS) is 17.0. The van der Waals surface area contributed by atoms with Gasteiger partial charge in [-0.3, -0.25) is 0 Å². The monoisotopic (exact) mass is 407 g/mol. The summed E-state index contributed by atoms with van der Waals surface area (Å²) in [4.78, 5) is 0. The van der Waals surface area contributed by atoms with Crippen LogP contribution in [0, 0.1) is 5.92 Å². The van der Waals surface area contributed by atoms with E-state index in [2.05, 4.69) is 13.8 Å². The fourth-order valence-corrected chi connectivity index (χ4v) is 4.07. The van der Waals surface area contributed by atoms with E-state index in [1.54, 1.807) is 13.8 Å². The van der Waals surface area contributed by atoms with Crippen LogP contribution in [0.2, 0.25) is 0 Å². The lowest BCUT2D eigenvalue weighted by atomic mass is 9.75. The van der Waals surface area contributed by atoms with Crippen LogP contribution in [0.3, 0.4) is 0 Å². The van der Waals surface area contributed by atoms with Crippen molar-refractivity contribution >= 4 is 12.4 Å². The summed E-state index contributed by atoms with van der Waals surface area (Å²) in [5.41, 5.74) is 5.39. The van der Waals surface area contributed by atoms with E-state index in [9.17, 15) is 10.2 Å². The minimum absolute atomic E-state index is 0. The zero-order chi connectivity index (χ0) is 19.8. The molecule has 0 aliphatic carbocycles. The fourth-order valence-electron chi connectivity index (χ4n) is 4.07. The van der Waals surface area contributed by atoms with E-state index in [1.807, 2.05) is 0 Å². The molecule has 0 saturated carbocycles. The molecule has 3 nitrogen and oxygen atoms in total. The van der Waals surface area contributed by atoms with E-state index in [0.29, 0.717) is 0 Å². The third-order valence-electron chi connectivity index (χ3n) is 6.29. The van der Waals surface area contributed by atoms with Crippen LogP contribution in [-0.2, 0) is 0 Å². The molecule has 166 valence electrons. The topological polar surface area (TPSA) is 66.5 Å². The van der Waals surface area contributed by atoms with Crippen LogP contribution < -0.4 is 5.73 Å². The molecule has 0 aliphatic heterocycles. The molecule has 3 atom stereocenters. The summed E-state index contributed by atoms with van der Waals surface area (Å²) < 4.78 is 0. The minimum atomic E-state index is -0.892. The standard InChI is InChI=1S/C23H49NO2.ClH/c1-5-6-7-8-9-10-11-12-13-14-15-16-17-18-19-20(2)23(24,21(3)25)22(4)26;/h20-22,25-26H,5-19,24H2,1-4H3;1H. The summed E-state index contributed by atoms with van der Waals surface area (Å²) >= 11 is 0. The summed E-state index contributed by atoms with van der Waals surface area (Å²) in [6.45, 7) is 7.71. The van der Waals surface area contributed by atoms with Gasteiger partial charge in [0.2, 0.25) is 0 Å². The van der Waals surface area contributed by atoms with Gasteiger partial charge in [0.05, 0.1) is 17.7 Å². The smallest absolute Gasteiger partial charge is 0.0719 e. The van der Waals surface area contributed by atoms with E-state index in [-0.39, 0.29) is 18.3 Å². The lowest BCUT2D eigenvalue weighted by Crippen LogP contribution is -2.61. The molecule has 0 spiro atoms. The Balaban J connectivity index is 0. The van der Waals surface area contributed by atoms with Crippen molar-refractivity contribution < 1.29 is 10.2 Å². The first-order valence-electron chi connectivity index (χ1n) is 11.5. The molecule has 0 fully saturated rings. The lowest BCUT2D eigenvalue weighted by Gasteiger charge is -2.40. The minimum Gasteiger partial charge on any atom is -0.391 e. The van der Waals surface area contributed by atoms with Crippen LogP contribution in [0.5, 0.6) is 0 Å². The van der Waals surface area contributed by atoms with Gasteiger partial charge in [0.15, 0.2) is 0 Å².